The van der Waals surface area contributed by atoms with Gasteiger partial charge in [0.1, 0.15) is 6.61 Å². The molecule has 0 heterocycles. The lowest BCUT2D eigenvalue weighted by molar-refractivity contribution is -0.154. The van der Waals surface area contributed by atoms with Crippen LogP contribution in [0.5, 0.6) is 0 Å². The molecule has 0 aromatic carbocycles. The normalized spacial score (nSPS) is 12.7. The van der Waals surface area contributed by atoms with Crippen LogP contribution in [0.1, 0.15) is 67.7 Å². The Bertz CT molecular complexity index is 557. The third kappa shape index (κ3) is 13.7. The molecule has 0 saturated heterocycles. The van der Waals surface area contributed by atoms with Gasteiger partial charge >= 0.3 is 18.0 Å². The minimum absolute atomic E-state index is 0.0427. The van der Waals surface area contributed by atoms with Crippen LogP contribution in [0.3, 0.4) is 0 Å². The number of ether oxygens (including phenoxy) is 3. The number of rotatable bonds is 11. The van der Waals surface area contributed by atoms with Crippen molar-refractivity contribution in [2.24, 2.45) is 16.7 Å². The Morgan fingerprint density at radius 3 is 1.93 bits per heavy atom. The zero-order valence-electron chi connectivity index (χ0n) is 19.2. The van der Waals surface area contributed by atoms with E-state index in [-0.39, 0.29) is 42.5 Å². The Balaban J connectivity index is 3.97. The van der Waals surface area contributed by atoms with E-state index in [2.05, 4.69) is 53.4 Å². The number of nitrogens with one attached hydrogen (secondary N) is 1. The molecule has 1 N–H and O–H groups in total. The average Bonchev–Trinajstić information content (AvgIpc) is 2.57. The zero-order chi connectivity index (χ0) is 22.7. The van der Waals surface area contributed by atoms with Gasteiger partial charge in [0.25, 0.3) is 0 Å². The lowest BCUT2D eigenvalue weighted by atomic mass is 9.72. The summed E-state index contributed by atoms with van der Waals surface area (Å²) in [6.45, 7) is 18.3. The van der Waals surface area contributed by atoms with Crippen molar-refractivity contribution in [3.05, 3.63) is 12.2 Å². The van der Waals surface area contributed by atoms with Gasteiger partial charge < -0.3 is 19.5 Å². The molecule has 0 aromatic heterocycles. The highest BCUT2D eigenvalue weighted by molar-refractivity contribution is 5.86. The molecule has 1 atom stereocenters. The van der Waals surface area contributed by atoms with Crippen LogP contribution in [-0.4, -0.2) is 44.4 Å². The van der Waals surface area contributed by atoms with Crippen molar-refractivity contribution < 1.29 is 28.6 Å². The predicted octanol–water partition coefficient (Wildman–Crippen LogP) is 4.25. The first-order chi connectivity index (χ1) is 13.2. The molecule has 0 aliphatic heterocycles. The van der Waals surface area contributed by atoms with Gasteiger partial charge in [-0.25, -0.2) is 9.59 Å². The molecule has 0 bridgehead atoms. The van der Waals surface area contributed by atoms with Crippen LogP contribution in [0.4, 0.5) is 4.79 Å². The van der Waals surface area contributed by atoms with E-state index in [4.69, 9.17) is 14.2 Å². The van der Waals surface area contributed by atoms with Crippen LogP contribution in [0.25, 0.3) is 0 Å². The second-order valence-electron chi connectivity index (χ2n) is 9.54. The number of unbranched alkanes of at least 4 members (excludes halogenated alkanes) is 1. The van der Waals surface area contributed by atoms with E-state index in [0.29, 0.717) is 25.0 Å². The molecule has 0 spiro atoms. The number of hydrogen-bond acceptors (Lipinski definition) is 6. The number of carbonyl (C=O) groups is 3. The van der Waals surface area contributed by atoms with Gasteiger partial charge in [-0.3, -0.25) is 4.79 Å². The lowest BCUT2D eigenvalue weighted by Gasteiger charge is -2.33. The Morgan fingerprint density at radius 2 is 1.45 bits per heavy atom. The van der Waals surface area contributed by atoms with Crippen LogP contribution in [0, 0.1) is 16.7 Å². The molecule has 7 heteroatoms. The molecule has 0 fully saturated rings. The molecule has 0 aliphatic rings. The van der Waals surface area contributed by atoms with Crippen LogP contribution >= 0.6 is 0 Å². The van der Waals surface area contributed by atoms with E-state index >= 15 is 0 Å². The highest BCUT2D eigenvalue weighted by atomic mass is 16.6. The predicted molar refractivity (Wildman–Crippen MR) is 112 cm³/mol. The van der Waals surface area contributed by atoms with E-state index in [0.717, 1.165) is 6.42 Å². The second kappa shape index (κ2) is 12.5. The molecule has 0 aliphatic carbocycles. The van der Waals surface area contributed by atoms with Gasteiger partial charge in [0.2, 0.25) is 0 Å². The first kappa shape index (κ1) is 27.0. The molecule has 7 nitrogen and oxygen atoms in total. The fourth-order valence-electron chi connectivity index (χ4n) is 2.47. The highest BCUT2D eigenvalue weighted by Gasteiger charge is 2.35. The highest BCUT2D eigenvalue weighted by Crippen LogP contribution is 2.36. The van der Waals surface area contributed by atoms with Crippen LogP contribution in [0.15, 0.2) is 12.2 Å². The summed E-state index contributed by atoms with van der Waals surface area (Å²) in [5.41, 5.74) is 0.186. The van der Waals surface area contributed by atoms with Gasteiger partial charge in [0.15, 0.2) is 0 Å². The summed E-state index contributed by atoms with van der Waals surface area (Å²) in [5, 5.41) is 2.49. The van der Waals surface area contributed by atoms with Gasteiger partial charge in [-0.05, 0) is 37.0 Å². The molecule has 29 heavy (non-hydrogen) atoms. The summed E-state index contributed by atoms with van der Waals surface area (Å²) < 4.78 is 15.3. The van der Waals surface area contributed by atoms with Crippen molar-refractivity contribution in [1.29, 1.82) is 0 Å². The standard InChI is InChI=1S/C22H39NO6/c1-16(2)18(24)28-14-11-23-20(26)29-13-10-9-12-27-19(25)17(22(6,7)8)15-21(3,4)5/h17H,1,9-15H2,2-8H3,(H,23,26). The van der Waals surface area contributed by atoms with Crippen molar-refractivity contribution in [2.75, 3.05) is 26.4 Å². The maximum Gasteiger partial charge on any atom is 0.407 e. The maximum absolute atomic E-state index is 12.5. The molecule has 0 aromatic rings. The zero-order valence-corrected chi connectivity index (χ0v) is 19.2. The molecule has 0 saturated carbocycles. The number of amides is 1. The second-order valence-corrected chi connectivity index (χ2v) is 9.54. The summed E-state index contributed by atoms with van der Waals surface area (Å²) >= 11 is 0. The van der Waals surface area contributed by atoms with Crippen LogP contribution in [-0.2, 0) is 23.8 Å². The molecular formula is C22H39NO6. The molecule has 1 amide bonds. The Kier molecular flexibility index (Phi) is 11.6. The smallest absolute Gasteiger partial charge is 0.407 e. The largest absolute Gasteiger partial charge is 0.465 e. The summed E-state index contributed by atoms with van der Waals surface area (Å²) in [6, 6.07) is 0. The van der Waals surface area contributed by atoms with E-state index in [1.54, 1.807) is 6.92 Å². The van der Waals surface area contributed by atoms with Crippen molar-refractivity contribution in [3.8, 4) is 0 Å². The topological polar surface area (TPSA) is 90.9 Å². The number of esters is 2. The van der Waals surface area contributed by atoms with E-state index < -0.39 is 12.1 Å². The van der Waals surface area contributed by atoms with Crippen LogP contribution < -0.4 is 5.32 Å². The van der Waals surface area contributed by atoms with E-state index in [1.165, 1.54) is 0 Å². The van der Waals surface area contributed by atoms with Gasteiger partial charge in [-0.15, -0.1) is 0 Å². The Morgan fingerprint density at radius 1 is 0.897 bits per heavy atom. The SMILES string of the molecule is C=C(C)C(=O)OCCNC(=O)OCCCCOC(=O)C(CC(C)(C)C)C(C)(C)C. The number of hydrogen-bond donors (Lipinski definition) is 1. The van der Waals surface area contributed by atoms with Crippen molar-refractivity contribution in [3.63, 3.8) is 0 Å². The average molecular weight is 414 g/mol. The molecule has 168 valence electrons. The Labute approximate surface area is 175 Å². The quantitative estimate of drug-likeness (QED) is 0.236. The first-order valence-corrected chi connectivity index (χ1v) is 10.1. The van der Waals surface area contributed by atoms with E-state index in [1.807, 2.05) is 0 Å². The minimum Gasteiger partial charge on any atom is -0.465 e. The van der Waals surface area contributed by atoms with Gasteiger partial charge in [0, 0.05) is 5.57 Å². The lowest BCUT2D eigenvalue weighted by Crippen LogP contribution is -2.33. The number of alkyl carbamates (subject to hydrolysis) is 1. The van der Waals surface area contributed by atoms with Gasteiger partial charge in [-0.2, -0.15) is 0 Å². The molecule has 0 radical (unpaired) electrons. The fourth-order valence-corrected chi connectivity index (χ4v) is 2.47. The number of carbonyl (C=O) groups excluding carboxylic acids is 3. The van der Waals surface area contributed by atoms with Gasteiger partial charge in [0.05, 0.1) is 25.7 Å². The summed E-state index contributed by atoms with van der Waals surface area (Å²) in [4.78, 5) is 35.2. The third-order valence-corrected chi connectivity index (χ3v) is 4.12. The van der Waals surface area contributed by atoms with Crippen LogP contribution in [0.2, 0.25) is 0 Å². The van der Waals surface area contributed by atoms with Crippen molar-refractivity contribution in [1.82, 2.24) is 5.32 Å². The van der Waals surface area contributed by atoms with E-state index in [9.17, 15) is 14.4 Å². The first-order valence-electron chi connectivity index (χ1n) is 10.1. The maximum atomic E-state index is 12.5. The summed E-state index contributed by atoms with van der Waals surface area (Å²) in [5.74, 6) is -0.829. The minimum atomic E-state index is -0.577. The van der Waals surface area contributed by atoms with Gasteiger partial charge in [-0.1, -0.05) is 48.1 Å². The van der Waals surface area contributed by atoms with Crippen molar-refractivity contribution in [2.45, 2.75) is 67.7 Å². The third-order valence-electron chi connectivity index (χ3n) is 4.12. The monoisotopic (exact) mass is 413 g/mol. The summed E-state index contributed by atoms with van der Waals surface area (Å²) in [6.07, 6.45) is 1.39. The molecular weight excluding hydrogens is 374 g/mol. The van der Waals surface area contributed by atoms with Crippen molar-refractivity contribution >= 4 is 18.0 Å². The summed E-state index contributed by atoms with van der Waals surface area (Å²) in [7, 11) is 0. The fraction of sp³-hybridized carbons (Fsp3) is 0.773. The Hall–Kier alpha value is -2.05. The molecule has 0 rings (SSSR count). The molecule has 1 unspecified atom stereocenters.